The summed E-state index contributed by atoms with van der Waals surface area (Å²) >= 11 is 0. The molecule has 0 aromatic heterocycles. The van der Waals surface area contributed by atoms with E-state index in [9.17, 15) is 9.90 Å². The summed E-state index contributed by atoms with van der Waals surface area (Å²) in [6.45, 7) is 2.78. The number of benzene rings is 1. The first-order valence-corrected chi connectivity index (χ1v) is 6.33. The molecule has 1 saturated heterocycles. The lowest BCUT2D eigenvalue weighted by Crippen LogP contribution is -2.52. The number of ether oxygens (including phenoxy) is 2. The molecule has 0 radical (unpaired) electrons. The van der Waals surface area contributed by atoms with Gasteiger partial charge in [0.2, 0.25) is 0 Å². The Balaban J connectivity index is 2.07. The highest BCUT2D eigenvalue weighted by atomic mass is 16.6. The third-order valence-electron chi connectivity index (χ3n) is 3.23. The van der Waals surface area contributed by atoms with Gasteiger partial charge in [0.1, 0.15) is 0 Å². The van der Waals surface area contributed by atoms with E-state index in [1.54, 1.807) is 6.92 Å². The maximum absolute atomic E-state index is 12.1. The molecule has 0 aliphatic carbocycles. The minimum absolute atomic E-state index is 0.184. The first kappa shape index (κ1) is 14.0. The Bertz CT molecular complexity index is 417. The SMILES string of the molecule is CC(CO)(NC(=O)C1COCCO1)c1ccccc1. The highest BCUT2D eigenvalue weighted by Crippen LogP contribution is 2.20. The number of aliphatic hydroxyl groups excluding tert-OH is 1. The van der Waals surface area contributed by atoms with Gasteiger partial charge in [0.15, 0.2) is 6.10 Å². The Morgan fingerprint density at radius 3 is 2.74 bits per heavy atom. The van der Waals surface area contributed by atoms with E-state index in [-0.39, 0.29) is 19.1 Å². The van der Waals surface area contributed by atoms with Gasteiger partial charge < -0.3 is 19.9 Å². The number of hydrogen-bond donors (Lipinski definition) is 2. The van der Waals surface area contributed by atoms with E-state index in [2.05, 4.69) is 5.32 Å². The van der Waals surface area contributed by atoms with Crippen LogP contribution in [0.2, 0.25) is 0 Å². The summed E-state index contributed by atoms with van der Waals surface area (Å²) in [5, 5.41) is 12.4. The fourth-order valence-electron chi connectivity index (χ4n) is 2.00. The van der Waals surface area contributed by atoms with Crippen molar-refractivity contribution in [2.24, 2.45) is 0 Å². The van der Waals surface area contributed by atoms with Crippen LogP contribution in [0.15, 0.2) is 30.3 Å². The van der Waals surface area contributed by atoms with Crippen molar-refractivity contribution in [1.82, 2.24) is 5.32 Å². The highest BCUT2D eigenvalue weighted by Gasteiger charge is 2.32. The normalized spacial score (nSPS) is 22.5. The molecule has 1 aliphatic heterocycles. The number of carbonyl (C=O) groups excluding carboxylic acids is 1. The van der Waals surface area contributed by atoms with E-state index >= 15 is 0 Å². The second kappa shape index (κ2) is 6.14. The summed E-state index contributed by atoms with van der Waals surface area (Å²) in [4.78, 5) is 12.1. The van der Waals surface area contributed by atoms with Crippen LogP contribution in [0.5, 0.6) is 0 Å². The zero-order valence-electron chi connectivity index (χ0n) is 11.0. The van der Waals surface area contributed by atoms with E-state index in [1.807, 2.05) is 30.3 Å². The van der Waals surface area contributed by atoms with Crippen LogP contribution in [0, 0.1) is 0 Å². The average molecular weight is 265 g/mol. The van der Waals surface area contributed by atoms with E-state index in [0.717, 1.165) is 5.56 Å². The van der Waals surface area contributed by atoms with Gasteiger partial charge in [0, 0.05) is 0 Å². The summed E-state index contributed by atoms with van der Waals surface area (Å²) < 4.78 is 10.6. The lowest BCUT2D eigenvalue weighted by molar-refractivity contribution is -0.149. The van der Waals surface area contributed by atoms with Gasteiger partial charge in [-0.1, -0.05) is 30.3 Å². The molecule has 19 heavy (non-hydrogen) atoms. The first-order chi connectivity index (χ1) is 9.15. The van der Waals surface area contributed by atoms with Gasteiger partial charge in [-0.25, -0.2) is 0 Å². The van der Waals surface area contributed by atoms with Gasteiger partial charge in [0.05, 0.1) is 32.0 Å². The van der Waals surface area contributed by atoms with Crippen LogP contribution in [0.25, 0.3) is 0 Å². The second-order valence-corrected chi connectivity index (χ2v) is 4.78. The van der Waals surface area contributed by atoms with E-state index in [0.29, 0.717) is 13.2 Å². The fourth-order valence-corrected chi connectivity index (χ4v) is 2.00. The Hall–Kier alpha value is -1.43. The molecule has 2 unspecified atom stereocenters. The zero-order valence-corrected chi connectivity index (χ0v) is 11.0. The van der Waals surface area contributed by atoms with Crippen LogP contribution in [0.3, 0.4) is 0 Å². The maximum Gasteiger partial charge on any atom is 0.252 e. The predicted molar refractivity (Wildman–Crippen MR) is 69.6 cm³/mol. The van der Waals surface area contributed by atoms with E-state index in [1.165, 1.54) is 0 Å². The maximum atomic E-state index is 12.1. The molecule has 1 amide bonds. The fraction of sp³-hybridized carbons (Fsp3) is 0.500. The van der Waals surface area contributed by atoms with Gasteiger partial charge in [0.25, 0.3) is 5.91 Å². The molecule has 0 spiro atoms. The van der Waals surface area contributed by atoms with Crippen LogP contribution < -0.4 is 5.32 Å². The van der Waals surface area contributed by atoms with Crippen LogP contribution in [0.4, 0.5) is 0 Å². The molecule has 2 N–H and O–H groups in total. The van der Waals surface area contributed by atoms with Crippen molar-refractivity contribution in [3.63, 3.8) is 0 Å². The molecule has 0 saturated carbocycles. The lowest BCUT2D eigenvalue weighted by Gasteiger charge is -2.32. The summed E-state index contributed by atoms with van der Waals surface area (Å²) in [6.07, 6.45) is -0.608. The number of aliphatic hydroxyl groups is 1. The van der Waals surface area contributed by atoms with Crippen LogP contribution in [-0.4, -0.2) is 43.5 Å². The quantitative estimate of drug-likeness (QED) is 0.828. The van der Waals surface area contributed by atoms with Crippen LogP contribution in [-0.2, 0) is 19.8 Å². The van der Waals surface area contributed by atoms with Gasteiger partial charge in [-0.2, -0.15) is 0 Å². The minimum Gasteiger partial charge on any atom is -0.394 e. The highest BCUT2D eigenvalue weighted by molar-refractivity contribution is 5.82. The molecular weight excluding hydrogens is 246 g/mol. The van der Waals surface area contributed by atoms with Crippen molar-refractivity contribution in [3.8, 4) is 0 Å². The van der Waals surface area contributed by atoms with Crippen molar-refractivity contribution >= 4 is 5.91 Å². The Labute approximate surface area is 112 Å². The monoisotopic (exact) mass is 265 g/mol. The van der Waals surface area contributed by atoms with Crippen molar-refractivity contribution in [2.45, 2.75) is 18.6 Å². The van der Waals surface area contributed by atoms with Crippen molar-refractivity contribution < 1.29 is 19.4 Å². The number of rotatable bonds is 4. The van der Waals surface area contributed by atoms with Gasteiger partial charge in [-0.05, 0) is 12.5 Å². The summed E-state index contributed by atoms with van der Waals surface area (Å²) in [5.41, 5.74) is 0.0293. The molecule has 1 fully saturated rings. The second-order valence-electron chi connectivity index (χ2n) is 4.78. The zero-order chi connectivity index (χ0) is 13.7. The predicted octanol–water partition coefficient (Wildman–Crippen LogP) is 0.426. The Morgan fingerprint density at radius 2 is 2.16 bits per heavy atom. The van der Waals surface area contributed by atoms with Crippen molar-refractivity contribution in [1.29, 1.82) is 0 Å². The molecule has 1 aromatic rings. The molecule has 104 valence electrons. The number of carbonyl (C=O) groups is 1. The minimum atomic E-state index is -0.820. The third-order valence-corrected chi connectivity index (χ3v) is 3.23. The molecule has 5 nitrogen and oxygen atoms in total. The molecule has 0 bridgehead atoms. The van der Waals surface area contributed by atoms with Crippen LogP contribution in [0.1, 0.15) is 12.5 Å². The number of amides is 1. The van der Waals surface area contributed by atoms with Gasteiger partial charge in [-0.3, -0.25) is 4.79 Å². The first-order valence-electron chi connectivity index (χ1n) is 6.33. The Morgan fingerprint density at radius 1 is 1.42 bits per heavy atom. The van der Waals surface area contributed by atoms with E-state index in [4.69, 9.17) is 9.47 Å². The third kappa shape index (κ3) is 3.32. The largest absolute Gasteiger partial charge is 0.394 e. The topological polar surface area (TPSA) is 67.8 Å². The molecule has 1 aromatic carbocycles. The van der Waals surface area contributed by atoms with E-state index < -0.39 is 11.6 Å². The van der Waals surface area contributed by atoms with Crippen LogP contribution >= 0.6 is 0 Å². The molecule has 1 aliphatic rings. The van der Waals surface area contributed by atoms with Crippen molar-refractivity contribution in [2.75, 3.05) is 26.4 Å². The summed E-state index contributed by atoms with van der Waals surface area (Å²) in [7, 11) is 0. The number of nitrogens with one attached hydrogen (secondary N) is 1. The lowest BCUT2D eigenvalue weighted by atomic mass is 9.92. The summed E-state index contributed by atoms with van der Waals surface area (Å²) in [5.74, 6) is -0.264. The summed E-state index contributed by atoms with van der Waals surface area (Å²) in [6, 6.07) is 9.37. The molecule has 1 heterocycles. The Kier molecular flexibility index (Phi) is 4.52. The molecule has 2 atom stereocenters. The standard InChI is InChI=1S/C14H19NO4/c1-14(10-16,11-5-3-2-4-6-11)15-13(17)12-9-18-7-8-19-12/h2-6,12,16H,7-10H2,1H3,(H,15,17). The number of hydrogen-bond acceptors (Lipinski definition) is 4. The van der Waals surface area contributed by atoms with Gasteiger partial charge in [-0.15, -0.1) is 0 Å². The molecule has 5 heteroatoms. The molecular formula is C14H19NO4. The van der Waals surface area contributed by atoms with Gasteiger partial charge >= 0.3 is 0 Å². The van der Waals surface area contributed by atoms with Crippen molar-refractivity contribution in [3.05, 3.63) is 35.9 Å². The average Bonchev–Trinajstić information content (AvgIpc) is 2.49. The smallest absolute Gasteiger partial charge is 0.252 e. The molecule has 2 rings (SSSR count).